The maximum Gasteiger partial charge on any atom is 0.251 e. The van der Waals surface area contributed by atoms with Crippen LogP contribution in [0.4, 0.5) is 0 Å². The van der Waals surface area contributed by atoms with Crippen molar-refractivity contribution in [1.29, 1.82) is 0 Å². The van der Waals surface area contributed by atoms with Gasteiger partial charge < -0.3 is 15.5 Å². The molecule has 0 bridgehead atoms. The molecule has 160 valence electrons. The minimum atomic E-state index is -0.609. The summed E-state index contributed by atoms with van der Waals surface area (Å²) in [7, 11) is 0. The quantitative estimate of drug-likeness (QED) is 0.709. The molecule has 0 aromatic heterocycles. The predicted molar refractivity (Wildman–Crippen MR) is 115 cm³/mol. The number of benzene rings is 1. The number of nitrogens with zero attached hydrogens (tertiary/aromatic N) is 1. The van der Waals surface area contributed by atoms with Crippen LogP contribution in [0.5, 0.6) is 0 Å². The molecule has 0 spiro atoms. The lowest BCUT2D eigenvalue weighted by atomic mass is 9.95. The molecule has 1 saturated heterocycles. The second kappa shape index (κ2) is 10.6. The molecular formula is C22H32ClN3O3. The monoisotopic (exact) mass is 421 g/mol. The fraction of sp³-hybridized carbons (Fsp3) is 0.591. The molecule has 1 aromatic carbocycles. The van der Waals surface area contributed by atoms with E-state index in [0.29, 0.717) is 23.7 Å². The van der Waals surface area contributed by atoms with E-state index in [4.69, 9.17) is 11.6 Å². The average Bonchev–Trinajstić information content (AvgIpc) is 2.71. The van der Waals surface area contributed by atoms with Crippen molar-refractivity contribution in [1.82, 2.24) is 15.5 Å². The molecule has 1 fully saturated rings. The highest BCUT2D eigenvalue weighted by atomic mass is 35.5. The number of piperidine rings is 1. The highest BCUT2D eigenvalue weighted by molar-refractivity contribution is 6.30. The molecule has 1 aliphatic heterocycles. The molecule has 6 nitrogen and oxygen atoms in total. The number of carbonyl (C=O) groups is 3. The zero-order chi connectivity index (χ0) is 21.6. The second-order valence-corrected chi connectivity index (χ2v) is 8.57. The molecule has 2 rings (SSSR count). The Labute approximate surface area is 178 Å². The Morgan fingerprint density at radius 3 is 2.41 bits per heavy atom. The molecule has 29 heavy (non-hydrogen) atoms. The smallest absolute Gasteiger partial charge is 0.251 e. The Morgan fingerprint density at radius 2 is 1.83 bits per heavy atom. The number of rotatable bonds is 7. The first kappa shape index (κ1) is 23.2. The van der Waals surface area contributed by atoms with Gasteiger partial charge in [-0.05, 0) is 43.0 Å². The Balaban J connectivity index is 2.08. The van der Waals surface area contributed by atoms with Gasteiger partial charge in [-0.3, -0.25) is 14.4 Å². The predicted octanol–water partition coefficient (Wildman–Crippen LogP) is 3.25. The summed E-state index contributed by atoms with van der Waals surface area (Å²) in [5, 5.41) is 6.49. The molecule has 0 aliphatic carbocycles. The van der Waals surface area contributed by atoms with Crippen LogP contribution in [0.3, 0.4) is 0 Å². The Hall–Kier alpha value is -2.08. The topological polar surface area (TPSA) is 78.5 Å². The summed E-state index contributed by atoms with van der Waals surface area (Å²) < 4.78 is 0. The molecule has 2 N–H and O–H groups in total. The van der Waals surface area contributed by atoms with E-state index in [1.807, 2.05) is 27.7 Å². The molecule has 3 atom stereocenters. The van der Waals surface area contributed by atoms with Gasteiger partial charge in [0.05, 0.1) is 0 Å². The number of amides is 3. The fourth-order valence-electron chi connectivity index (χ4n) is 3.37. The largest absolute Gasteiger partial charge is 0.351 e. The van der Waals surface area contributed by atoms with E-state index in [9.17, 15) is 14.4 Å². The van der Waals surface area contributed by atoms with Gasteiger partial charge in [0, 0.05) is 35.6 Å². The van der Waals surface area contributed by atoms with Crippen LogP contribution in [0.15, 0.2) is 24.3 Å². The standard InChI is InChI=1S/C22H32ClN3O3/c1-5-15(4)19(25-21(28)16-8-10-17(23)11-9-16)22(29)26-12-6-7-18(13-26)24-20(27)14(2)3/h8-11,14-15,18-19H,5-7,12-13H2,1-4H3,(H,24,27)(H,25,28). The Morgan fingerprint density at radius 1 is 1.17 bits per heavy atom. The van der Waals surface area contributed by atoms with Gasteiger partial charge in [0.25, 0.3) is 5.91 Å². The summed E-state index contributed by atoms with van der Waals surface area (Å²) in [4.78, 5) is 39.7. The van der Waals surface area contributed by atoms with Crippen molar-refractivity contribution in [2.24, 2.45) is 11.8 Å². The normalized spacial score (nSPS) is 18.8. The Kier molecular flexibility index (Phi) is 8.50. The van der Waals surface area contributed by atoms with Crippen molar-refractivity contribution in [3.63, 3.8) is 0 Å². The molecule has 3 unspecified atom stereocenters. The minimum Gasteiger partial charge on any atom is -0.351 e. The van der Waals surface area contributed by atoms with Gasteiger partial charge in [-0.15, -0.1) is 0 Å². The lowest BCUT2D eigenvalue weighted by molar-refractivity contribution is -0.137. The van der Waals surface area contributed by atoms with Crippen LogP contribution in [0, 0.1) is 11.8 Å². The van der Waals surface area contributed by atoms with Crippen LogP contribution in [-0.4, -0.2) is 47.8 Å². The van der Waals surface area contributed by atoms with Gasteiger partial charge in [0.2, 0.25) is 11.8 Å². The minimum absolute atomic E-state index is 0.00110. The molecular weight excluding hydrogens is 390 g/mol. The number of likely N-dealkylation sites (tertiary alicyclic amines) is 1. The average molecular weight is 422 g/mol. The van der Waals surface area contributed by atoms with E-state index in [0.717, 1.165) is 19.3 Å². The first-order valence-electron chi connectivity index (χ1n) is 10.4. The van der Waals surface area contributed by atoms with Crippen LogP contribution in [0.1, 0.15) is 57.3 Å². The van der Waals surface area contributed by atoms with Crippen LogP contribution in [-0.2, 0) is 9.59 Å². The maximum atomic E-state index is 13.3. The maximum absolute atomic E-state index is 13.3. The van der Waals surface area contributed by atoms with E-state index >= 15 is 0 Å². The summed E-state index contributed by atoms with van der Waals surface area (Å²) in [5.41, 5.74) is 0.469. The van der Waals surface area contributed by atoms with Crippen LogP contribution >= 0.6 is 11.6 Å². The summed E-state index contributed by atoms with van der Waals surface area (Å²) in [5.74, 6) is -0.483. The van der Waals surface area contributed by atoms with Crippen molar-refractivity contribution in [3.8, 4) is 0 Å². The van der Waals surface area contributed by atoms with E-state index in [2.05, 4.69) is 10.6 Å². The Bertz CT molecular complexity index is 721. The number of hydrogen-bond donors (Lipinski definition) is 2. The molecule has 7 heteroatoms. The summed E-state index contributed by atoms with van der Waals surface area (Å²) >= 11 is 5.89. The van der Waals surface area contributed by atoms with Gasteiger partial charge in [-0.25, -0.2) is 0 Å². The van der Waals surface area contributed by atoms with E-state index in [-0.39, 0.29) is 35.6 Å². The van der Waals surface area contributed by atoms with Crippen molar-refractivity contribution in [2.75, 3.05) is 13.1 Å². The molecule has 0 saturated carbocycles. The lowest BCUT2D eigenvalue weighted by Crippen LogP contribution is -2.57. The second-order valence-electron chi connectivity index (χ2n) is 8.13. The molecule has 1 aromatic rings. The summed E-state index contributed by atoms with van der Waals surface area (Å²) in [6.45, 7) is 8.78. The number of nitrogens with one attached hydrogen (secondary N) is 2. The zero-order valence-electron chi connectivity index (χ0n) is 17.7. The first-order valence-corrected chi connectivity index (χ1v) is 10.8. The van der Waals surface area contributed by atoms with Crippen molar-refractivity contribution in [3.05, 3.63) is 34.9 Å². The summed E-state index contributed by atoms with van der Waals surface area (Å²) in [6.07, 6.45) is 2.44. The van der Waals surface area contributed by atoms with Gasteiger partial charge in [-0.1, -0.05) is 45.7 Å². The summed E-state index contributed by atoms with van der Waals surface area (Å²) in [6, 6.07) is 5.95. The number of carbonyl (C=O) groups excluding carboxylic acids is 3. The van der Waals surface area contributed by atoms with Gasteiger partial charge in [0.15, 0.2) is 0 Å². The van der Waals surface area contributed by atoms with Gasteiger partial charge in [-0.2, -0.15) is 0 Å². The highest BCUT2D eigenvalue weighted by Gasteiger charge is 2.33. The van der Waals surface area contributed by atoms with E-state index in [1.54, 1.807) is 29.2 Å². The first-order chi connectivity index (χ1) is 13.7. The lowest BCUT2D eigenvalue weighted by Gasteiger charge is -2.37. The van der Waals surface area contributed by atoms with Crippen LogP contribution in [0.25, 0.3) is 0 Å². The van der Waals surface area contributed by atoms with Gasteiger partial charge in [0.1, 0.15) is 6.04 Å². The highest BCUT2D eigenvalue weighted by Crippen LogP contribution is 2.17. The number of halogens is 1. The third-order valence-corrected chi connectivity index (χ3v) is 5.73. The van der Waals surface area contributed by atoms with Crippen LogP contribution < -0.4 is 10.6 Å². The number of hydrogen-bond acceptors (Lipinski definition) is 3. The van der Waals surface area contributed by atoms with E-state index in [1.165, 1.54) is 0 Å². The van der Waals surface area contributed by atoms with Crippen LogP contribution in [0.2, 0.25) is 5.02 Å². The van der Waals surface area contributed by atoms with Gasteiger partial charge >= 0.3 is 0 Å². The molecule has 0 radical (unpaired) electrons. The third kappa shape index (κ3) is 6.46. The SMILES string of the molecule is CCC(C)C(NC(=O)c1ccc(Cl)cc1)C(=O)N1CCCC(NC(=O)C(C)C)C1. The molecule has 3 amide bonds. The van der Waals surface area contributed by atoms with Crippen molar-refractivity contribution < 1.29 is 14.4 Å². The fourth-order valence-corrected chi connectivity index (χ4v) is 3.49. The third-order valence-electron chi connectivity index (χ3n) is 5.48. The van der Waals surface area contributed by atoms with E-state index < -0.39 is 6.04 Å². The molecule has 1 aliphatic rings. The van der Waals surface area contributed by atoms with Crippen molar-refractivity contribution >= 4 is 29.3 Å². The molecule has 1 heterocycles. The zero-order valence-corrected chi connectivity index (χ0v) is 18.5. The van der Waals surface area contributed by atoms with Crippen molar-refractivity contribution in [2.45, 2.75) is 59.0 Å².